The van der Waals surface area contributed by atoms with Crippen LogP contribution in [0.2, 0.25) is 0 Å². The van der Waals surface area contributed by atoms with Crippen LogP contribution in [0.15, 0.2) is 18.2 Å². The summed E-state index contributed by atoms with van der Waals surface area (Å²) in [6, 6.07) is 4.76. The maximum atomic E-state index is 12.5. The van der Waals surface area contributed by atoms with Crippen LogP contribution in [0.1, 0.15) is 49.0 Å². The minimum absolute atomic E-state index is 0.0963. The molecule has 0 spiro atoms. The normalized spacial score (nSPS) is 17.9. The zero-order valence-corrected chi connectivity index (χ0v) is 12.6. The fourth-order valence-corrected chi connectivity index (χ4v) is 2.57. The van der Waals surface area contributed by atoms with E-state index >= 15 is 0 Å². The van der Waals surface area contributed by atoms with E-state index in [2.05, 4.69) is 12.2 Å². The molecule has 5 heteroatoms. The Kier molecular flexibility index (Phi) is 4.83. The Labute approximate surface area is 125 Å². The number of nitrogens with one attached hydrogen (secondary N) is 1. The Morgan fingerprint density at radius 3 is 2.81 bits per heavy atom. The van der Waals surface area contributed by atoms with Crippen molar-refractivity contribution < 1.29 is 14.7 Å². The summed E-state index contributed by atoms with van der Waals surface area (Å²) in [7, 11) is 0. The molecule has 1 aliphatic heterocycles. The number of carboxylic acids is 1. The van der Waals surface area contributed by atoms with Crippen molar-refractivity contribution in [2.45, 2.75) is 45.7 Å². The largest absolute Gasteiger partial charge is 0.478 e. The second-order valence-corrected chi connectivity index (χ2v) is 5.40. The van der Waals surface area contributed by atoms with Crippen LogP contribution in [-0.4, -0.2) is 34.5 Å². The quantitative estimate of drug-likeness (QED) is 0.875. The molecule has 0 unspecified atom stereocenters. The van der Waals surface area contributed by atoms with E-state index in [1.165, 1.54) is 0 Å². The van der Waals surface area contributed by atoms with Crippen molar-refractivity contribution in [3.8, 4) is 0 Å². The third-order valence-corrected chi connectivity index (χ3v) is 3.84. The number of unbranched alkanes of at least 4 members (excludes halogenated alkanes) is 1. The lowest BCUT2D eigenvalue weighted by molar-refractivity contribution is -0.132. The number of hydrogen-bond donors (Lipinski definition) is 2. The number of rotatable bonds is 5. The molecule has 0 fully saturated rings. The molecule has 5 nitrogen and oxygen atoms in total. The van der Waals surface area contributed by atoms with Gasteiger partial charge in [-0.1, -0.05) is 20.3 Å². The molecule has 0 bridgehead atoms. The maximum absolute atomic E-state index is 12.5. The molecule has 0 aromatic heterocycles. The van der Waals surface area contributed by atoms with Crippen LogP contribution in [0.5, 0.6) is 0 Å². The van der Waals surface area contributed by atoms with Crippen LogP contribution < -0.4 is 5.32 Å². The van der Waals surface area contributed by atoms with Gasteiger partial charge in [0.2, 0.25) is 5.91 Å². The second-order valence-electron chi connectivity index (χ2n) is 5.40. The van der Waals surface area contributed by atoms with Gasteiger partial charge in [-0.2, -0.15) is 0 Å². The predicted molar refractivity (Wildman–Crippen MR) is 81.4 cm³/mol. The molecule has 1 aromatic carbocycles. The fraction of sp³-hybridized carbons (Fsp3) is 0.500. The third-order valence-electron chi connectivity index (χ3n) is 3.84. The molecule has 1 heterocycles. The van der Waals surface area contributed by atoms with Crippen molar-refractivity contribution in [2.75, 3.05) is 11.9 Å². The summed E-state index contributed by atoms with van der Waals surface area (Å²) >= 11 is 0. The van der Waals surface area contributed by atoms with Gasteiger partial charge in [0, 0.05) is 18.8 Å². The summed E-state index contributed by atoms with van der Waals surface area (Å²) in [6.07, 6.45) is 2.69. The van der Waals surface area contributed by atoms with Crippen LogP contribution in [0.25, 0.3) is 0 Å². The van der Waals surface area contributed by atoms with Crippen LogP contribution >= 0.6 is 0 Å². The van der Waals surface area contributed by atoms with E-state index in [-0.39, 0.29) is 17.5 Å². The average molecular weight is 290 g/mol. The molecule has 1 aliphatic rings. The lowest BCUT2D eigenvalue weighted by atomic mass is 10.1. The van der Waals surface area contributed by atoms with Crippen molar-refractivity contribution in [1.82, 2.24) is 4.90 Å². The molecule has 1 aromatic rings. The molecule has 0 saturated carbocycles. The zero-order chi connectivity index (χ0) is 15.4. The Morgan fingerprint density at radius 2 is 2.19 bits per heavy atom. The van der Waals surface area contributed by atoms with Gasteiger partial charge >= 0.3 is 5.97 Å². The first-order valence-corrected chi connectivity index (χ1v) is 7.48. The highest BCUT2D eigenvalue weighted by Gasteiger charge is 2.27. The number of carbonyl (C=O) groups excluding carboxylic acids is 1. The molecule has 2 rings (SSSR count). The van der Waals surface area contributed by atoms with Crippen LogP contribution in [0, 0.1) is 0 Å². The van der Waals surface area contributed by atoms with E-state index < -0.39 is 5.97 Å². The van der Waals surface area contributed by atoms with Crippen LogP contribution in [0.3, 0.4) is 0 Å². The number of anilines is 1. The average Bonchev–Trinajstić information content (AvgIpc) is 2.61. The lowest BCUT2D eigenvalue weighted by Crippen LogP contribution is -2.40. The number of aromatic carboxylic acids is 1. The van der Waals surface area contributed by atoms with Gasteiger partial charge in [-0.15, -0.1) is 0 Å². The number of carbonyl (C=O) groups is 2. The highest BCUT2D eigenvalue weighted by molar-refractivity contribution is 5.90. The zero-order valence-electron chi connectivity index (χ0n) is 12.6. The molecule has 0 aliphatic carbocycles. The van der Waals surface area contributed by atoms with Crippen molar-refractivity contribution in [2.24, 2.45) is 0 Å². The van der Waals surface area contributed by atoms with Gasteiger partial charge in [0.1, 0.15) is 6.04 Å². The molecule has 0 saturated heterocycles. The van der Waals surface area contributed by atoms with Gasteiger partial charge in [0.05, 0.1) is 5.56 Å². The Bertz CT molecular complexity index is 542. The topological polar surface area (TPSA) is 69.6 Å². The molecule has 0 radical (unpaired) electrons. The molecule has 2 N–H and O–H groups in total. The monoisotopic (exact) mass is 290 g/mol. The Hall–Kier alpha value is -2.04. The molecule has 21 heavy (non-hydrogen) atoms. The summed E-state index contributed by atoms with van der Waals surface area (Å²) in [6.45, 7) is 5.25. The molecule has 1 atom stereocenters. The number of hydrogen-bond acceptors (Lipinski definition) is 3. The van der Waals surface area contributed by atoms with Crippen molar-refractivity contribution in [3.05, 3.63) is 29.3 Å². The molecule has 114 valence electrons. The standard InChI is InChI=1S/C16H22N2O3/c1-3-5-8-18-10-12-9-11(16(20)21)6-7-14(12)17-13(4-2)15(18)19/h6-7,9,13,17H,3-5,8,10H2,1-2H3,(H,20,21)/t13-/m0/s1. The summed E-state index contributed by atoms with van der Waals surface area (Å²) in [5.41, 5.74) is 1.99. The number of carboxylic acid groups (broad SMARTS) is 1. The lowest BCUT2D eigenvalue weighted by Gasteiger charge is -2.23. The fourth-order valence-electron chi connectivity index (χ4n) is 2.57. The van der Waals surface area contributed by atoms with Gasteiger partial charge in [-0.05, 0) is 36.6 Å². The maximum Gasteiger partial charge on any atom is 0.335 e. The van der Waals surface area contributed by atoms with Crippen molar-refractivity contribution in [3.63, 3.8) is 0 Å². The highest BCUT2D eigenvalue weighted by atomic mass is 16.4. The summed E-state index contributed by atoms with van der Waals surface area (Å²) < 4.78 is 0. The van der Waals surface area contributed by atoms with Gasteiger partial charge in [-0.3, -0.25) is 4.79 Å². The Balaban J connectivity index is 2.34. The van der Waals surface area contributed by atoms with Crippen molar-refractivity contribution in [1.29, 1.82) is 0 Å². The molecular weight excluding hydrogens is 268 g/mol. The second kappa shape index (κ2) is 6.61. The SMILES string of the molecule is CCCCN1Cc2cc(C(=O)O)ccc2N[C@@H](CC)C1=O. The smallest absolute Gasteiger partial charge is 0.335 e. The van der Waals surface area contributed by atoms with Gasteiger partial charge in [-0.25, -0.2) is 4.79 Å². The first-order valence-electron chi connectivity index (χ1n) is 7.48. The first-order chi connectivity index (χ1) is 10.1. The van der Waals surface area contributed by atoms with Crippen molar-refractivity contribution >= 4 is 17.6 Å². The van der Waals surface area contributed by atoms with E-state index in [1.807, 2.05) is 11.8 Å². The number of amides is 1. The van der Waals surface area contributed by atoms with E-state index in [0.29, 0.717) is 19.5 Å². The number of nitrogens with zero attached hydrogens (tertiary/aromatic N) is 1. The van der Waals surface area contributed by atoms with E-state index in [9.17, 15) is 9.59 Å². The minimum atomic E-state index is -0.944. The summed E-state index contributed by atoms with van der Waals surface area (Å²) in [5, 5.41) is 12.4. The molecular formula is C16H22N2O3. The highest BCUT2D eigenvalue weighted by Crippen LogP contribution is 2.25. The number of fused-ring (bicyclic) bond motifs is 1. The first kappa shape index (κ1) is 15.4. The Morgan fingerprint density at radius 1 is 1.43 bits per heavy atom. The summed E-state index contributed by atoms with van der Waals surface area (Å²) in [5.74, 6) is -0.848. The predicted octanol–water partition coefficient (Wildman–Crippen LogP) is 2.72. The van der Waals surface area contributed by atoms with E-state index in [1.54, 1.807) is 18.2 Å². The van der Waals surface area contributed by atoms with Crippen LogP contribution in [-0.2, 0) is 11.3 Å². The molecule has 1 amide bonds. The minimum Gasteiger partial charge on any atom is -0.478 e. The van der Waals surface area contributed by atoms with E-state index in [0.717, 1.165) is 24.1 Å². The van der Waals surface area contributed by atoms with E-state index in [4.69, 9.17) is 5.11 Å². The van der Waals surface area contributed by atoms with Gasteiger partial charge < -0.3 is 15.3 Å². The summed E-state index contributed by atoms with van der Waals surface area (Å²) in [4.78, 5) is 25.5. The van der Waals surface area contributed by atoms with Crippen LogP contribution in [0.4, 0.5) is 5.69 Å². The van der Waals surface area contributed by atoms with Gasteiger partial charge in [0.25, 0.3) is 0 Å². The third kappa shape index (κ3) is 3.35. The van der Waals surface area contributed by atoms with Gasteiger partial charge in [0.15, 0.2) is 0 Å². The number of benzene rings is 1.